The normalized spacial score (nSPS) is 13.6. The Labute approximate surface area is 115 Å². The minimum Gasteiger partial charge on any atom is -0.244 e. The third kappa shape index (κ3) is 2.59. The summed E-state index contributed by atoms with van der Waals surface area (Å²) < 4.78 is 0. The van der Waals surface area contributed by atoms with E-state index in [4.69, 9.17) is 0 Å². The van der Waals surface area contributed by atoms with Gasteiger partial charge in [-0.3, -0.25) is 0 Å². The summed E-state index contributed by atoms with van der Waals surface area (Å²) in [6, 6.07) is 5.98. The van der Waals surface area contributed by atoms with Crippen molar-refractivity contribution >= 4 is 11.8 Å². The van der Waals surface area contributed by atoms with E-state index in [9.17, 15) is 5.26 Å². The van der Waals surface area contributed by atoms with Crippen molar-refractivity contribution in [1.29, 1.82) is 5.26 Å². The largest absolute Gasteiger partial charge is 0.244 e. The van der Waals surface area contributed by atoms with Crippen LogP contribution in [0, 0.1) is 11.3 Å². The number of fused-ring (bicyclic) bond motifs is 1. The molecule has 0 saturated heterocycles. The van der Waals surface area contributed by atoms with Gasteiger partial charge in [-0.05, 0) is 55.1 Å². The quantitative estimate of drug-likeness (QED) is 0.784. The number of nitriles is 1. The van der Waals surface area contributed by atoms with Crippen LogP contribution in [0.3, 0.4) is 0 Å². The molecule has 0 atom stereocenters. The predicted octanol–water partition coefficient (Wildman–Crippen LogP) is 2.77. The van der Waals surface area contributed by atoms with Crippen molar-refractivity contribution in [3.05, 3.63) is 41.3 Å². The molecule has 19 heavy (non-hydrogen) atoms. The van der Waals surface area contributed by atoms with Crippen molar-refractivity contribution in [2.75, 3.05) is 0 Å². The third-order valence-electron chi connectivity index (χ3n) is 3.12. The van der Waals surface area contributed by atoms with Gasteiger partial charge in [0, 0.05) is 18.1 Å². The van der Waals surface area contributed by atoms with Crippen LogP contribution >= 0.6 is 11.8 Å². The number of rotatable bonds is 2. The third-order valence-corrected chi connectivity index (χ3v) is 4.01. The Morgan fingerprint density at radius 2 is 1.95 bits per heavy atom. The monoisotopic (exact) mass is 268 g/mol. The number of pyridine rings is 1. The highest BCUT2D eigenvalue weighted by molar-refractivity contribution is 7.99. The van der Waals surface area contributed by atoms with Gasteiger partial charge in [0.05, 0.1) is 5.56 Å². The van der Waals surface area contributed by atoms with E-state index in [1.165, 1.54) is 30.2 Å². The highest BCUT2D eigenvalue weighted by atomic mass is 32.2. The molecule has 2 aromatic rings. The molecule has 1 aliphatic rings. The minimum absolute atomic E-state index is 0.623. The van der Waals surface area contributed by atoms with Gasteiger partial charge < -0.3 is 0 Å². The fourth-order valence-corrected chi connectivity index (χ4v) is 2.97. The second-order valence-electron chi connectivity index (χ2n) is 4.40. The summed E-state index contributed by atoms with van der Waals surface area (Å²) in [6.07, 6.45) is 7.79. The fraction of sp³-hybridized carbons (Fsp3) is 0.286. The smallest absolute Gasteiger partial charge is 0.193 e. The van der Waals surface area contributed by atoms with Gasteiger partial charge >= 0.3 is 0 Å². The first kappa shape index (κ1) is 12.1. The summed E-state index contributed by atoms with van der Waals surface area (Å²) in [6.45, 7) is 0. The first-order valence-electron chi connectivity index (χ1n) is 6.24. The number of aryl methyl sites for hydroxylation is 2. The maximum absolute atomic E-state index is 9.25. The molecule has 3 rings (SSSR count). The van der Waals surface area contributed by atoms with Gasteiger partial charge in [-0.2, -0.15) is 5.26 Å². The molecule has 2 aromatic heterocycles. The van der Waals surface area contributed by atoms with Crippen LogP contribution in [0.25, 0.3) is 0 Å². The van der Waals surface area contributed by atoms with Gasteiger partial charge in [0.15, 0.2) is 5.16 Å². The Morgan fingerprint density at radius 3 is 2.74 bits per heavy atom. The lowest BCUT2D eigenvalue weighted by Gasteiger charge is -2.16. The zero-order chi connectivity index (χ0) is 13.1. The van der Waals surface area contributed by atoms with E-state index >= 15 is 0 Å². The molecule has 5 heteroatoms. The Balaban J connectivity index is 1.98. The molecule has 0 spiro atoms. The lowest BCUT2D eigenvalue weighted by molar-refractivity contribution is 0.660. The lowest BCUT2D eigenvalue weighted by atomic mass is 9.95. The van der Waals surface area contributed by atoms with Gasteiger partial charge in [-0.1, -0.05) is 0 Å². The average molecular weight is 268 g/mol. The number of hydrogen-bond acceptors (Lipinski definition) is 5. The second kappa shape index (κ2) is 5.37. The zero-order valence-corrected chi connectivity index (χ0v) is 11.2. The van der Waals surface area contributed by atoms with Crippen molar-refractivity contribution in [2.24, 2.45) is 0 Å². The molecule has 0 aliphatic heterocycles. The summed E-state index contributed by atoms with van der Waals surface area (Å²) >= 11 is 1.36. The number of hydrogen-bond donors (Lipinski definition) is 0. The van der Waals surface area contributed by atoms with Gasteiger partial charge in [-0.15, -0.1) is 0 Å². The SMILES string of the molecule is N#Cc1cc2c(nc1Sc1ncccn1)CCCC2. The molecular formula is C14H12N4S. The van der Waals surface area contributed by atoms with Crippen LogP contribution in [-0.2, 0) is 12.8 Å². The summed E-state index contributed by atoms with van der Waals surface area (Å²) in [7, 11) is 0. The Morgan fingerprint density at radius 1 is 1.16 bits per heavy atom. The molecule has 4 nitrogen and oxygen atoms in total. The molecule has 0 bridgehead atoms. The molecule has 0 fully saturated rings. The molecule has 1 aliphatic carbocycles. The molecule has 94 valence electrons. The maximum Gasteiger partial charge on any atom is 0.193 e. The molecular weight excluding hydrogens is 256 g/mol. The minimum atomic E-state index is 0.623. The predicted molar refractivity (Wildman–Crippen MR) is 71.7 cm³/mol. The van der Waals surface area contributed by atoms with E-state index in [0.29, 0.717) is 15.7 Å². The van der Waals surface area contributed by atoms with E-state index in [-0.39, 0.29) is 0 Å². The average Bonchev–Trinajstić information content (AvgIpc) is 2.47. The molecule has 0 radical (unpaired) electrons. The van der Waals surface area contributed by atoms with Crippen LogP contribution in [0.1, 0.15) is 29.7 Å². The van der Waals surface area contributed by atoms with Gasteiger partial charge in [0.25, 0.3) is 0 Å². The second-order valence-corrected chi connectivity index (χ2v) is 5.36. The van der Waals surface area contributed by atoms with Crippen LogP contribution in [0.4, 0.5) is 0 Å². The molecule has 0 saturated carbocycles. The van der Waals surface area contributed by atoms with Crippen molar-refractivity contribution in [1.82, 2.24) is 15.0 Å². The van der Waals surface area contributed by atoms with Crippen molar-refractivity contribution in [2.45, 2.75) is 35.9 Å². The van der Waals surface area contributed by atoms with E-state index in [1.807, 2.05) is 6.07 Å². The van der Waals surface area contributed by atoms with Crippen LogP contribution < -0.4 is 0 Å². The molecule has 0 unspecified atom stereocenters. The summed E-state index contributed by atoms with van der Waals surface area (Å²) in [4.78, 5) is 13.0. The fourth-order valence-electron chi connectivity index (χ4n) is 2.20. The zero-order valence-electron chi connectivity index (χ0n) is 10.3. The van der Waals surface area contributed by atoms with Crippen LogP contribution in [0.5, 0.6) is 0 Å². The Kier molecular flexibility index (Phi) is 3.43. The lowest BCUT2D eigenvalue weighted by Crippen LogP contribution is -2.07. The maximum atomic E-state index is 9.25. The number of nitrogens with zero attached hydrogens (tertiary/aromatic N) is 4. The van der Waals surface area contributed by atoms with Crippen molar-refractivity contribution in [3.8, 4) is 6.07 Å². The molecule has 0 aromatic carbocycles. The van der Waals surface area contributed by atoms with Crippen molar-refractivity contribution in [3.63, 3.8) is 0 Å². The topological polar surface area (TPSA) is 62.5 Å². The Hall–Kier alpha value is -1.93. The summed E-state index contributed by atoms with van der Waals surface area (Å²) in [5.74, 6) is 0. The van der Waals surface area contributed by atoms with E-state index < -0.39 is 0 Å². The van der Waals surface area contributed by atoms with Crippen LogP contribution in [-0.4, -0.2) is 15.0 Å². The van der Waals surface area contributed by atoms with E-state index in [0.717, 1.165) is 18.5 Å². The standard InChI is InChI=1S/C14H12N4S/c15-9-11-8-10-4-1-2-5-12(10)18-13(11)19-14-16-6-3-7-17-14/h3,6-8H,1-2,4-5H2. The Bertz CT molecular complexity index is 634. The first-order valence-corrected chi connectivity index (χ1v) is 7.06. The molecule has 0 N–H and O–H groups in total. The summed E-state index contributed by atoms with van der Waals surface area (Å²) in [5, 5.41) is 10.6. The highest BCUT2D eigenvalue weighted by Crippen LogP contribution is 2.29. The molecule has 2 heterocycles. The first-order chi connectivity index (χ1) is 9.36. The van der Waals surface area contributed by atoms with E-state index in [2.05, 4.69) is 21.0 Å². The summed E-state index contributed by atoms with van der Waals surface area (Å²) in [5.41, 5.74) is 2.97. The van der Waals surface area contributed by atoms with Gasteiger partial charge in [-0.25, -0.2) is 15.0 Å². The van der Waals surface area contributed by atoms with Crippen LogP contribution in [0.15, 0.2) is 34.7 Å². The number of aromatic nitrogens is 3. The highest BCUT2D eigenvalue weighted by Gasteiger charge is 2.16. The van der Waals surface area contributed by atoms with Gasteiger partial charge in [0.1, 0.15) is 11.1 Å². The van der Waals surface area contributed by atoms with Crippen molar-refractivity contribution < 1.29 is 0 Å². The van der Waals surface area contributed by atoms with Gasteiger partial charge in [0.2, 0.25) is 0 Å². The molecule has 0 amide bonds. The van der Waals surface area contributed by atoms with E-state index in [1.54, 1.807) is 18.5 Å². The van der Waals surface area contributed by atoms with Crippen LogP contribution in [0.2, 0.25) is 0 Å².